The van der Waals surface area contributed by atoms with Crippen molar-refractivity contribution < 1.29 is 27.5 Å². The molecule has 0 saturated heterocycles. The van der Waals surface area contributed by atoms with Crippen molar-refractivity contribution in [3.8, 4) is 0 Å². The number of amides is 3. The molecule has 1 aliphatic heterocycles. The van der Waals surface area contributed by atoms with Gasteiger partial charge in [-0.15, -0.1) is 11.3 Å². The zero-order chi connectivity index (χ0) is 27.3. The number of hydrogen-bond donors (Lipinski definition) is 1. The number of carbonyl (C=O) groups is 2. The number of ether oxygens (including phenoxy) is 1. The molecule has 0 spiro atoms. The standard InChI is InChI=1S/C27H27F3N4O3S/c1-18-5-7-19(8-6-18)23-16-22(24-4-3-15-38-24)32-34(23)25(35)17-33(13-14-37-2)26(36)31-21-11-9-20(10-12-21)27(28,29)30/h3-12,15,23H,13-14,16-17H2,1-2H3,(H,31,36)/t23-/m0/s1. The minimum absolute atomic E-state index is 0.0965. The molecule has 2 aromatic carbocycles. The smallest absolute Gasteiger partial charge is 0.383 e. The molecule has 7 nitrogen and oxygen atoms in total. The highest BCUT2D eigenvalue weighted by molar-refractivity contribution is 7.12. The number of carbonyl (C=O) groups excluding carboxylic acids is 2. The highest BCUT2D eigenvalue weighted by Gasteiger charge is 2.35. The first-order chi connectivity index (χ1) is 18.2. The number of hydrazone groups is 1. The molecule has 11 heteroatoms. The summed E-state index contributed by atoms with van der Waals surface area (Å²) in [5.41, 5.74) is 2.16. The van der Waals surface area contributed by atoms with Gasteiger partial charge in [0.15, 0.2) is 0 Å². The van der Waals surface area contributed by atoms with Crippen LogP contribution in [0, 0.1) is 6.92 Å². The fourth-order valence-corrected chi connectivity index (χ4v) is 4.74. The van der Waals surface area contributed by atoms with Crippen molar-refractivity contribution in [3.63, 3.8) is 0 Å². The summed E-state index contributed by atoms with van der Waals surface area (Å²) in [5.74, 6) is -0.388. The number of thiophene rings is 1. The number of alkyl halides is 3. The lowest BCUT2D eigenvalue weighted by molar-refractivity contribution is -0.137. The summed E-state index contributed by atoms with van der Waals surface area (Å²) in [4.78, 5) is 28.8. The van der Waals surface area contributed by atoms with Gasteiger partial charge in [0.05, 0.1) is 28.8 Å². The maximum atomic E-state index is 13.5. The number of rotatable bonds is 8. The molecule has 0 radical (unpaired) electrons. The Morgan fingerprint density at radius 2 is 1.84 bits per heavy atom. The minimum Gasteiger partial charge on any atom is -0.383 e. The number of aryl methyl sites for hydroxylation is 1. The van der Waals surface area contributed by atoms with Gasteiger partial charge in [-0.3, -0.25) is 4.79 Å². The van der Waals surface area contributed by atoms with E-state index < -0.39 is 17.8 Å². The summed E-state index contributed by atoms with van der Waals surface area (Å²) in [6, 6.07) is 14.9. The van der Waals surface area contributed by atoms with Crippen LogP contribution in [0.4, 0.5) is 23.7 Å². The van der Waals surface area contributed by atoms with E-state index >= 15 is 0 Å². The lowest BCUT2D eigenvalue weighted by Gasteiger charge is -2.27. The first-order valence-electron chi connectivity index (χ1n) is 11.9. The lowest BCUT2D eigenvalue weighted by Crippen LogP contribution is -2.44. The molecule has 3 amide bonds. The van der Waals surface area contributed by atoms with Crippen LogP contribution >= 0.6 is 11.3 Å². The summed E-state index contributed by atoms with van der Waals surface area (Å²) >= 11 is 1.54. The van der Waals surface area contributed by atoms with Crippen molar-refractivity contribution in [3.05, 3.63) is 87.6 Å². The number of nitrogens with zero attached hydrogens (tertiary/aromatic N) is 3. The maximum absolute atomic E-state index is 13.5. The van der Waals surface area contributed by atoms with Gasteiger partial charge in [-0.25, -0.2) is 9.80 Å². The average Bonchev–Trinajstić information content (AvgIpc) is 3.57. The highest BCUT2D eigenvalue weighted by Crippen LogP contribution is 2.34. The van der Waals surface area contributed by atoms with Crippen LogP contribution in [0.25, 0.3) is 0 Å². The Bertz CT molecular complexity index is 1280. The van der Waals surface area contributed by atoms with Crippen LogP contribution in [-0.2, 0) is 15.7 Å². The fourth-order valence-electron chi connectivity index (χ4n) is 4.01. The molecule has 1 N–H and O–H groups in total. The molecule has 3 aromatic rings. The monoisotopic (exact) mass is 544 g/mol. The van der Waals surface area contributed by atoms with Crippen LogP contribution in [0.15, 0.2) is 71.1 Å². The van der Waals surface area contributed by atoms with Gasteiger partial charge in [0.25, 0.3) is 5.91 Å². The second-order valence-corrected chi connectivity index (χ2v) is 9.76. The number of methoxy groups -OCH3 is 1. The minimum atomic E-state index is -4.48. The highest BCUT2D eigenvalue weighted by atomic mass is 32.1. The first-order valence-corrected chi connectivity index (χ1v) is 12.8. The van der Waals surface area contributed by atoms with Crippen LogP contribution in [0.2, 0.25) is 0 Å². The summed E-state index contributed by atoms with van der Waals surface area (Å²) in [6.07, 6.45) is -3.95. The number of urea groups is 1. The molecule has 38 heavy (non-hydrogen) atoms. The summed E-state index contributed by atoms with van der Waals surface area (Å²) in [7, 11) is 1.47. The Morgan fingerprint density at radius 1 is 1.13 bits per heavy atom. The van der Waals surface area contributed by atoms with E-state index in [2.05, 4.69) is 10.4 Å². The summed E-state index contributed by atoms with van der Waals surface area (Å²) in [5, 5.41) is 10.6. The van der Waals surface area contributed by atoms with E-state index in [0.29, 0.717) is 6.42 Å². The lowest BCUT2D eigenvalue weighted by atomic mass is 10.00. The van der Waals surface area contributed by atoms with Crippen LogP contribution in [0.1, 0.15) is 34.0 Å². The van der Waals surface area contributed by atoms with Crippen molar-refractivity contribution in [1.29, 1.82) is 0 Å². The van der Waals surface area contributed by atoms with E-state index in [9.17, 15) is 22.8 Å². The van der Waals surface area contributed by atoms with E-state index in [0.717, 1.165) is 33.8 Å². The Kier molecular flexibility index (Phi) is 8.48. The van der Waals surface area contributed by atoms with Crippen LogP contribution in [0.5, 0.6) is 0 Å². The fraction of sp³-hybridized carbons (Fsp3) is 0.296. The first kappa shape index (κ1) is 27.3. The molecule has 0 unspecified atom stereocenters. The van der Waals surface area contributed by atoms with Crippen LogP contribution in [0.3, 0.4) is 0 Å². The Hall–Kier alpha value is -3.70. The Labute approximate surface area is 222 Å². The van der Waals surface area contributed by atoms with Gasteiger partial charge in [0, 0.05) is 25.8 Å². The van der Waals surface area contributed by atoms with Crippen LogP contribution in [-0.4, -0.2) is 54.4 Å². The van der Waals surface area contributed by atoms with E-state index in [1.54, 1.807) is 0 Å². The topological polar surface area (TPSA) is 74.2 Å². The molecule has 200 valence electrons. The van der Waals surface area contributed by atoms with Crippen molar-refractivity contribution in [2.24, 2.45) is 5.10 Å². The second-order valence-electron chi connectivity index (χ2n) is 8.81. The van der Waals surface area contributed by atoms with Gasteiger partial charge < -0.3 is 15.0 Å². The Morgan fingerprint density at radius 3 is 2.45 bits per heavy atom. The molecule has 0 bridgehead atoms. The molecule has 0 fully saturated rings. The molecular weight excluding hydrogens is 517 g/mol. The number of benzene rings is 2. The van der Waals surface area contributed by atoms with E-state index in [4.69, 9.17) is 4.74 Å². The van der Waals surface area contributed by atoms with Gasteiger partial charge in [-0.1, -0.05) is 35.9 Å². The van der Waals surface area contributed by atoms with Crippen molar-refractivity contribution in [2.45, 2.75) is 25.6 Å². The largest absolute Gasteiger partial charge is 0.416 e. The quantitative estimate of drug-likeness (QED) is 0.382. The van der Waals surface area contributed by atoms with Crippen LogP contribution < -0.4 is 5.32 Å². The number of anilines is 1. The molecule has 2 heterocycles. The number of nitrogens with one attached hydrogen (secondary N) is 1. The summed E-state index contributed by atoms with van der Waals surface area (Å²) in [6.45, 7) is 1.95. The molecule has 1 atom stereocenters. The second kappa shape index (κ2) is 11.8. The van der Waals surface area contributed by atoms with Gasteiger partial charge in [-0.05, 0) is 48.2 Å². The van der Waals surface area contributed by atoms with Gasteiger partial charge in [0.1, 0.15) is 6.54 Å². The molecule has 4 rings (SSSR count). The van der Waals surface area contributed by atoms with E-state index in [1.165, 1.54) is 40.5 Å². The van der Waals surface area contributed by atoms with Crippen molar-refractivity contribution >= 4 is 34.7 Å². The third kappa shape index (κ3) is 6.59. The summed E-state index contributed by atoms with van der Waals surface area (Å²) < 4.78 is 43.7. The van der Waals surface area contributed by atoms with E-state index in [1.807, 2.05) is 48.7 Å². The third-order valence-corrected chi connectivity index (χ3v) is 6.99. The molecule has 1 aromatic heterocycles. The number of halogens is 3. The molecular formula is C27H27F3N4O3S. The SMILES string of the molecule is COCCN(CC(=O)N1N=C(c2cccs2)C[C@H]1c1ccc(C)cc1)C(=O)Nc1ccc(C(F)(F)F)cc1. The maximum Gasteiger partial charge on any atom is 0.416 e. The normalized spacial score (nSPS) is 15.3. The average molecular weight is 545 g/mol. The molecule has 1 aliphatic rings. The zero-order valence-corrected chi connectivity index (χ0v) is 21.7. The number of hydrogen-bond acceptors (Lipinski definition) is 5. The van der Waals surface area contributed by atoms with Gasteiger partial charge >= 0.3 is 12.2 Å². The third-order valence-electron chi connectivity index (χ3n) is 6.08. The van der Waals surface area contributed by atoms with E-state index in [-0.39, 0.29) is 37.3 Å². The predicted octanol–water partition coefficient (Wildman–Crippen LogP) is 5.93. The van der Waals surface area contributed by atoms with Gasteiger partial charge in [0.2, 0.25) is 0 Å². The van der Waals surface area contributed by atoms with Crippen molar-refractivity contribution in [1.82, 2.24) is 9.91 Å². The molecule has 0 saturated carbocycles. The zero-order valence-electron chi connectivity index (χ0n) is 20.9. The van der Waals surface area contributed by atoms with Crippen molar-refractivity contribution in [2.75, 3.05) is 32.1 Å². The van der Waals surface area contributed by atoms with Gasteiger partial charge in [-0.2, -0.15) is 18.3 Å². The molecule has 0 aliphatic carbocycles. The Balaban J connectivity index is 1.53. The predicted molar refractivity (Wildman–Crippen MR) is 140 cm³/mol.